The second-order valence-corrected chi connectivity index (χ2v) is 8.71. The van der Waals surface area contributed by atoms with Gasteiger partial charge in [-0.25, -0.2) is 9.18 Å². The molecule has 1 amide bonds. The van der Waals surface area contributed by atoms with Crippen molar-refractivity contribution in [2.75, 3.05) is 0 Å². The van der Waals surface area contributed by atoms with Crippen LogP contribution in [0.5, 0.6) is 0 Å². The molecule has 2 rings (SSSR count). The first-order valence-corrected chi connectivity index (χ1v) is 8.87. The van der Waals surface area contributed by atoms with Crippen molar-refractivity contribution in [2.45, 2.75) is 78.2 Å². The van der Waals surface area contributed by atoms with Crippen molar-refractivity contribution < 1.29 is 23.2 Å². The third kappa shape index (κ3) is 4.38. The number of ether oxygens (including phenoxy) is 1. The van der Waals surface area contributed by atoms with Crippen LogP contribution in [-0.4, -0.2) is 30.0 Å². The molecule has 1 heterocycles. The van der Waals surface area contributed by atoms with Gasteiger partial charge in [0, 0.05) is 11.0 Å². The third-order valence-electron chi connectivity index (χ3n) is 4.77. The van der Waals surface area contributed by atoms with Crippen LogP contribution in [0.2, 0.25) is 0 Å². The highest BCUT2D eigenvalue weighted by molar-refractivity contribution is 6.62. The maximum Gasteiger partial charge on any atom is 0.497 e. The number of rotatable bonds is 3. The Balaban J connectivity index is 2.21. The molecule has 1 fully saturated rings. The van der Waals surface area contributed by atoms with Gasteiger partial charge >= 0.3 is 13.2 Å². The predicted octanol–water partition coefficient (Wildman–Crippen LogP) is 3.71. The molecule has 0 saturated carbocycles. The van der Waals surface area contributed by atoms with Gasteiger partial charge in [-0.2, -0.15) is 0 Å². The molecule has 0 bridgehead atoms. The van der Waals surface area contributed by atoms with Crippen LogP contribution in [0.15, 0.2) is 18.2 Å². The number of alkyl carbamates (subject to hydrolysis) is 1. The van der Waals surface area contributed by atoms with E-state index in [4.69, 9.17) is 14.0 Å². The van der Waals surface area contributed by atoms with Crippen molar-refractivity contribution in [3.8, 4) is 0 Å². The lowest BCUT2D eigenvalue weighted by Crippen LogP contribution is -2.41. The van der Waals surface area contributed by atoms with E-state index in [9.17, 15) is 4.79 Å². The Bertz CT molecular complexity index is 669. The summed E-state index contributed by atoms with van der Waals surface area (Å²) in [5.41, 5.74) is -1.06. The second kappa shape index (κ2) is 6.85. The van der Waals surface area contributed by atoms with Crippen LogP contribution in [0.4, 0.5) is 9.18 Å². The summed E-state index contributed by atoms with van der Waals surface area (Å²) in [6, 6.07) is 4.44. The number of carbonyl (C=O) groups excluding carboxylic acids is 1. The van der Waals surface area contributed by atoms with Gasteiger partial charge in [-0.3, -0.25) is 0 Å². The van der Waals surface area contributed by atoms with E-state index in [0.29, 0.717) is 11.0 Å². The van der Waals surface area contributed by atoms with E-state index in [-0.39, 0.29) is 0 Å². The normalized spacial score (nSPS) is 20.0. The summed E-state index contributed by atoms with van der Waals surface area (Å²) in [7, 11) is -0.798. The molecule has 1 N–H and O–H groups in total. The quantitative estimate of drug-likeness (QED) is 0.830. The maximum atomic E-state index is 15.1. The molecule has 0 aliphatic carbocycles. The molecule has 26 heavy (non-hydrogen) atoms. The van der Waals surface area contributed by atoms with Crippen molar-refractivity contribution >= 4 is 18.7 Å². The summed E-state index contributed by atoms with van der Waals surface area (Å²) < 4.78 is 32.2. The first kappa shape index (κ1) is 20.7. The number of halogens is 1. The first-order chi connectivity index (χ1) is 11.7. The van der Waals surface area contributed by atoms with Crippen molar-refractivity contribution in [3.63, 3.8) is 0 Å². The number of hydrogen-bond acceptors (Lipinski definition) is 4. The van der Waals surface area contributed by atoms with Crippen LogP contribution in [0.25, 0.3) is 0 Å². The molecule has 1 aromatic rings. The molecule has 144 valence electrons. The molecule has 1 aromatic carbocycles. The van der Waals surface area contributed by atoms with E-state index in [0.717, 1.165) is 0 Å². The maximum absolute atomic E-state index is 15.1. The lowest BCUT2D eigenvalue weighted by atomic mass is 9.77. The first-order valence-electron chi connectivity index (χ1n) is 8.87. The minimum atomic E-state index is -0.798. The summed E-state index contributed by atoms with van der Waals surface area (Å²) in [5.74, 6) is -0.449. The Hall–Kier alpha value is -1.60. The van der Waals surface area contributed by atoms with Gasteiger partial charge in [-0.15, -0.1) is 0 Å². The summed E-state index contributed by atoms with van der Waals surface area (Å²) in [6.45, 7) is 14.7. The van der Waals surface area contributed by atoms with Crippen LogP contribution in [0, 0.1) is 5.82 Å². The molecule has 1 atom stereocenters. The Labute approximate surface area is 155 Å². The Morgan fingerprint density at radius 1 is 1.19 bits per heavy atom. The predicted molar refractivity (Wildman–Crippen MR) is 99.9 cm³/mol. The van der Waals surface area contributed by atoms with Gasteiger partial charge in [-0.1, -0.05) is 18.2 Å². The zero-order chi connectivity index (χ0) is 19.9. The highest BCUT2D eigenvalue weighted by Gasteiger charge is 2.52. The lowest BCUT2D eigenvalue weighted by molar-refractivity contribution is 0.00578. The zero-order valence-electron chi connectivity index (χ0n) is 16.9. The van der Waals surface area contributed by atoms with Crippen molar-refractivity contribution in [1.29, 1.82) is 0 Å². The molecule has 1 saturated heterocycles. The van der Waals surface area contributed by atoms with E-state index in [1.54, 1.807) is 45.9 Å². The second-order valence-electron chi connectivity index (χ2n) is 8.71. The molecule has 1 aliphatic heterocycles. The van der Waals surface area contributed by atoms with Crippen LogP contribution >= 0.6 is 0 Å². The molecule has 0 spiro atoms. The van der Waals surface area contributed by atoms with E-state index in [2.05, 4.69) is 5.32 Å². The van der Waals surface area contributed by atoms with Gasteiger partial charge in [0.1, 0.15) is 11.4 Å². The highest BCUT2D eigenvalue weighted by Crippen LogP contribution is 2.36. The average Bonchev–Trinajstić information content (AvgIpc) is 2.64. The molecule has 7 heteroatoms. The minimum absolute atomic E-state index is 0.319. The molecular formula is C19H29BFNO4. The van der Waals surface area contributed by atoms with Gasteiger partial charge in [0.05, 0.1) is 17.2 Å². The monoisotopic (exact) mass is 365 g/mol. The largest absolute Gasteiger partial charge is 0.497 e. The van der Waals surface area contributed by atoms with E-state index in [1.165, 1.54) is 0 Å². The van der Waals surface area contributed by atoms with Crippen molar-refractivity contribution in [1.82, 2.24) is 5.32 Å². The molecule has 0 aromatic heterocycles. The number of carbonyl (C=O) groups is 1. The summed E-state index contributed by atoms with van der Waals surface area (Å²) >= 11 is 0. The number of hydrogen-bond donors (Lipinski definition) is 1. The Morgan fingerprint density at radius 3 is 2.23 bits per heavy atom. The average molecular weight is 365 g/mol. The van der Waals surface area contributed by atoms with Crippen LogP contribution in [-0.2, 0) is 14.0 Å². The topological polar surface area (TPSA) is 56.8 Å². The molecule has 0 unspecified atom stereocenters. The van der Waals surface area contributed by atoms with Gasteiger partial charge in [-0.05, 0) is 55.4 Å². The number of benzene rings is 1. The molecule has 0 radical (unpaired) electrons. The Morgan fingerprint density at radius 2 is 1.73 bits per heavy atom. The summed E-state index contributed by atoms with van der Waals surface area (Å²) in [4.78, 5) is 12.0. The number of amides is 1. The van der Waals surface area contributed by atoms with Crippen LogP contribution in [0.3, 0.4) is 0 Å². The van der Waals surface area contributed by atoms with E-state index >= 15 is 4.39 Å². The molecule has 5 nitrogen and oxygen atoms in total. The van der Waals surface area contributed by atoms with Gasteiger partial charge in [0.2, 0.25) is 0 Å². The van der Waals surface area contributed by atoms with Crippen LogP contribution in [0.1, 0.15) is 67.0 Å². The van der Waals surface area contributed by atoms with E-state index < -0.39 is 41.9 Å². The molecular weight excluding hydrogens is 336 g/mol. The SMILES string of the molecule is C[C@H](NC(=O)OC(C)(C)C)c1cccc(B2OC(C)(C)C(C)(C)O2)c1F. The van der Waals surface area contributed by atoms with Crippen molar-refractivity contribution in [3.05, 3.63) is 29.6 Å². The fourth-order valence-electron chi connectivity index (χ4n) is 2.62. The van der Waals surface area contributed by atoms with Crippen LogP contribution < -0.4 is 10.8 Å². The zero-order valence-corrected chi connectivity index (χ0v) is 16.9. The fraction of sp³-hybridized carbons (Fsp3) is 0.632. The minimum Gasteiger partial charge on any atom is -0.444 e. The van der Waals surface area contributed by atoms with Gasteiger partial charge in [0.15, 0.2) is 0 Å². The number of nitrogens with one attached hydrogen (secondary N) is 1. The third-order valence-corrected chi connectivity index (χ3v) is 4.77. The summed E-state index contributed by atoms with van der Waals surface area (Å²) in [5, 5.41) is 2.66. The van der Waals surface area contributed by atoms with Gasteiger partial charge < -0.3 is 19.4 Å². The highest BCUT2D eigenvalue weighted by atomic mass is 19.1. The fourth-order valence-corrected chi connectivity index (χ4v) is 2.62. The van der Waals surface area contributed by atoms with Gasteiger partial charge in [0.25, 0.3) is 0 Å². The standard InChI is InChI=1S/C19H29BFNO4/c1-12(22-16(23)24-17(2,3)4)13-10-9-11-14(15(13)21)20-25-18(5,6)19(7,8)26-20/h9-12H,1-8H3,(H,22,23)/t12-/m0/s1. The smallest absolute Gasteiger partial charge is 0.444 e. The lowest BCUT2D eigenvalue weighted by Gasteiger charge is -2.32. The summed E-state index contributed by atoms with van der Waals surface area (Å²) in [6.07, 6.45) is -0.592. The molecule has 1 aliphatic rings. The van der Waals surface area contributed by atoms with E-state index in [1.807, 2.05) is 27.7 Å². The Kier molecular flexibility index (Phi) is 5.46. The van der Waals surface area contributed by atoms with Crippen molar-refractivity contribution in [2.24, 2.45) is 0 Å².